The number of para-hydroxylation sites is 2. The summed E-state index contributed by atoms with van der Waals surface area (Å²) in [6.45, 7) is 12.5. The molecule has 0 saturated carbocycles. The molecule has 0 fully saturated rings. The number of benzene rings is 3. The largest absolute Gasteiger partial charge is 0.305 e. The summed E-state index contributed by atoms with van der Waals surface area (Å²) in [6, 6.07) is 25.1. The summed E-state index contributed by atoms with van der Waals surface area (Å²) < 4.78 is 4.17. The molecule has 0 spiro atoms. The standard InChI is InChI=1S/C34H34N6/c1-33(2,3)29(35)15-17-31(36)39-25-13-9-7-11-21(25)23-20-28-24(19-27(23)39)22-12-8-10-14-26(22)40(28)32-18-16-30(37-38-32)34(4,5)6/h7-20,35-36H,1-6H3/b17-15-,35-29?,36-31?. The highest BCUT2D eigenvalue weighted by Gasteiger charge is 2.21. The molecule has 2 N–H and O–H groups in total. The van der Waals surface area contributed by atoms with Gasteiger partial charge in [-0.25, -0.2) is 0 Å². The van der Waals surface area contributed by atoms with Crippen molar-refractivity contribution < 1.29 is 0 Å². The van der Waals surface area contributed by atoms with E-state index in [1.165, 1.54) is 0 Å². The second-order valence-corrected chi connectivity index (χ2v) is 12.5. The van der Waals surface area contributed by atoms with Crippen molar-refractivity contribution in [3.05, 3.63) is 90.6 Å². The van der Waals surface area contributed by atoms with E-state index < -0.39 is 0 Å². The van der Waals surface area contributed by atoms with Crippen molar-refractivity contribution in [3.8, 4) is 5.82 Å². The number of fused-ring (bicyclic) bond motifs is 6. The molecule has 0 aliphatic carbocycles. The maximum atomic E-state index is 9.05. The molecule has 6 aromatic rings. The van der Waals surface area contributed by atoms with Gasteiger partial charge in [-0.15, -0.1) is 5.10 Å². The van der Waals surface area contributed by atoms with Crippen molar-refractivity contribution in [3.63, 3.8) is 0 Å². The molecule has 0 amide bonds. The lowest BCUT2D eigenvalue weighted by atomic mass is 9.90. The molecule has 3 aromatic carbocycles. The summed E-state index contributed by atoms with van der Waals surface area (Å²) in [5, 5.41) is 31.1. The SMILES string of the molecule is CC(C)(C)C(=N)/C=C\C(=N)n1c2ccccc2c2cc3c(cc21)c1ccccc1n3-c1ccc(C(C)(C)C)nn1. The third kappa shape index (κ3) is 4.11. The molecule has 3 heterocycles. The Bertz CT molecular complexity index is 1990. The number of hydrogen-bond acceptors (Lipinski definition) is 4. The van der Waals surface area contributed by atoms with Gasteiger partial charge >= 0.3 is 0 Å². The monoisotopic (exact) mass is 526 g/mol. The molecule has 0 aliphatic rings. The third-order valence-corrected chi connectivity index (χ3v) is 7.57. The molecule has 0 radical (unpaired) electrons. The molecule has 0 saturated heterocycles. The number of nitrogens with zero attached hydrogens (tertiary/aromatic N) is 4. The molecular weight excluding hydrogens is 492 g/mol. The molecule has 0 atom stereocenters. The first-order valence-electron chi connectivity index (χ1n) is 13.6. The first kappa shape index (κ1) is 25.7. The smallest absolute Gasteiger partial charge is 0.160 e. The first-order chi connectivity index (χ1) is 18.9. The van der Waals surface area contributed by atoms with Crippen molar-refractivity contribution in [1.82, 2.24) is 19.3 Å². The van der Waals surface area contributed by atoms with Crippen molar-refractivity contribution in [2.45, 2.75) is 47.0 Å². The predicted octanol–water partition coefficient (Wildman–Crippen LogP) is 8.43. The van der Waals surface area contributed by atoms with Crippen LogP contribution in [-0.4, -0.2) is 30.9 Å². The molecular formula is C34H34N6. The van der Waals surface area contributed by atoms with E-state index in [0.29, 0.717) is 11.5 Å². The van der Waals surface area contributed by atoms with E-state index in [9.17, 15) is 0 Å². The second kappa shape index (κ2) is 8.98. The Labute approximate surface area is 234 Å². The number of nitrogens with one attached hydrogen (secondary N) is 2. The van der Waals surface area contributed by atoms with Crippen molar-refractivity contribution in [2.24, 2.45) is 5.41 Å². The number of aromatic nitrogens is 4. The van der Waals surface area contributed by atoms with Crippen LogP contribution in [0.15, 0.2) is 84.9 Å². The van der Waals surface area contributed by atoms with Gasteiger partial charge in [-0.1, -0.05) is 77.9 Å². The Morgan fingerprint density at radius 2 is 1.25 bits per heavy atom. The van der Waals surface area contributed by atoms with Crippen LogP contribution in [0.3, 0.4) is 0 Å². The number of rotatable bonds is 3. The van der Waals surface area contributed by atoms with Crippen LogP contribution in [-0.2, 0) is 5.41 Å². The fourth-order valence-corrected chi connectivity index (χ4v) is 5.27. The third-order valence-electron chi connectivity index (χ3n) is 7.57. The molecule has 0 unspecified atom stereocenters. The van der Waals surface area contributed by atoms with Crippen LogP contribution >= 0.6 is 0 Å². The van der Waals surface area contributed by atoms with Gasteiger partial charge in [-0.2, -0.15) is 5.10 Å². The zero-order valence-electron chi connectivity index (χ0n) is 23.9. The zero-order valence-corrected chi connectivity index (χ0v) is 23.9. The van der Waals surface area contributed by atoms with E-state index >= 15 is 0 Å². The summed E-state index contributed by atoms with van der Waals surface area (Å²) in [4.78, 5) is 0. The molecule has 3 aromatic heterocycles. The first-order valence-corrected chi connectivity index (χ1v) is 13.6. The van der Waals surface area contributed by atoms with Crippen molar-refractivity contribution in [2.75, 3.05) is 0 Å². The summed E-state index contributed by atoms with van der Waals surface area (Å²) >= 11 is 0. The van der Waals surface area contributed by atoms with Crippen LogP contribution < -0.4 is 0 Å². The van der Waals surface area contributed by atoms with E-state index in [4.69, 9.17) is 10.8 Å². The van der Waals surface area contributed by atoms with Crippen molar-refractivity contribution >= 4 is 55.2 Å². The Hall–Kier alpha value is -4.58. The van der Waals surface area contributed by atoms with Crippen LogP contribution in [0.25, 0.3) is 49.4 Å². The van der Waals surface area contributed by atoms with Gasteiger partial charge in [0.15, 0.2) is 5.82 Å². The quantitative estimate of drug-likeness (QED) is 0.179. The minimum Gasteiger partial charge on any atom is -0.305 e. The van der Waals surface area contributed by atoms with Crippen LogP contribution in [0.1, 0.15) is 47.2 Å². The van der Waals surface area contributed by atoms with Crippen molar-refractivity contribution in [1.29, 1.82) is 10.8 Å². The predicted molar refractivity (Wildman–Crippen MR) is 168 cm³/mol. The highest BCUT2D eigenvalue weighted by molar-refractivity contribution is 6.22. The highest BCUT2D eigenvalue weighted by Crippen LogP contribution is 2.38. The van der Waals surface area contributed by atoms with Gasteiger partial charge < -0.3 is 5.41 Å². The maximum Gasteiger partial charge on any atom is 0.160 e. The topological polar surface area (TPSA) is 83.3 Å². The molecule has 0 aliphatic heterocycles. The Morgan fingerprint density at radius 3 is 1.88 bits per heavy atom. The average molecular weight is 527 g/mol. The molecule has 40 heavy (non-hydrogen) atoms. The minimum atomic E-state index is -0.278. The fourth-order valence-electron chi connectivity index (χ4n) is 5.27. The Kier molecular flexibility index (Phi) is 5.77. The lowest BCUT2D eigenvalue weighted by Gasteiger charge is -2.17. The zero-order chi connectivity index (χ0) is 28.4. The molecule has 6 nitrogen and oxygen atoms in total. The normalized spacial score (nSPS) is 12.8. The number of hydrogen-bond donors (Lipinski definition) is 2. The van der Waals surface area contributed by atoms with Gasteiger partial charge in [0.2, 0.25) is 0 Å². The molecule has 0 bridgehead atoms. The lowest BCUT2D eigenvalue weighted by Crippen LogP contribution is -2.17. The lowest BCUT2D eigenvalue weighted by molar-refractivity contribution is 0.557. The van der Waals surface area contributed by atoms with E-state index in [1.807, 2.05) is 37.5 Å². The highest BCUT2D eigenvalue weighted by atomic mass is 15.2. The van der Waals surface area contributed by atoms with Gasteiger partial charge in [0.1, 0.15) is 5.84 Å². The summed E-state index contributed by atoms with van der Waals surface area (Å²) in [6.07, 6.45) is 3.48. The summed E-state index contributed by atoms with van der Waals surface area (Å²) in [7, 11) is 0. The van der Waals surface area contributed by atoms with E-state index in [0.717, 1.165) is 55.1 Å². The van der Waals surface area contributed by atoms with Gasteiger partial charge in [0.05, 0.1) is 27.8 Å². The molecule has 6 heteroatoms. The molecule has 200 valence electrons. The van der Waals surface area contributed by atoms with Gasteiger partial charge in [0, 0.05) is 38.1 Å². The van der Waals surface area contributed by atoms with E-state index in [2.05, 4.69) is 96.2 Å². The maximum absolute atomic E-state index is 9.05. The summed E-state index contributed by atoms with van der Waals surface area (Å²) in [5.74, 6) is 1.10. The number of allylic oxidation sites excluding steroid dienone is 2. The van der Waals surface area contributed by atoms with Crippen LogP contribution in [0, 0.1) is 16.2 Å². The average Bonchev–Trinajstić information content (AvgIpc) is 3.41. The van der Waals surface area contributed by atoms with Gasteiger partial charge in [-0.05, 0) is 48.6 Å². The minimum absolute atomic E-state index is 0.0787. The Balaban J connectivity index is 1.63. The van der Waals surface area contributed by atoms with Crippen LogP contribution in [0.5, 0.6) is 0 Å². The fraction of sp³-hybridized carbons (Fsp3) is 0.235. The van der Waals surface area contributed by atoms with Gasteiger partial charge in [-0.3, -0.25) is 14.5 Å². The van der Waals surface area contributed by atoms with E-state index in [1.54, 1.807) is 12.2 Å². The summed E-state index contributed by atoms with van der Waals surface area (Å²) in [5.41, 5.74) is 5.12. The van der Waals surface area contributed by atoms with Gasteiger partial charge in [0.25, 0.3) is 0 Å². The van der Waals surface area contributed by atoms with Crippen LogP contribution in [0.2, 0.25) is 0 Å². The second-order valence-electron chi connectivity index (χ2n) is 12.5. The molecule has 6 rings (SSSR count). The van der Waals surface area contributed by atoms with Crippen LogP contribution in [0.4, 0.5) is 0 Å². The van der Waals surface area contributed by atoms with E-state index in [-0.39, 0.29) is 10.8 Å². The Morgan fingerprint density at radius 1 is 0.650 bits per heavy atom.